The highest BCUT2D eigenvalue weighted by atomic mass is 16.7. The molecule has 11 heavy (non-hydrogen) atoms. The predicted octanol–water partition coefficient (Wildman–Crippen LogP) is 0.947. The second-order valence-corrected chi connectivity index (χ2v) is 2.66. The predicted molar refractivity (Wildman–Crippen MR) is 45.6 cm³/mol. The van der Waals surface area contributed by atoms with Crippen LogP contribution >= 0.6 is 0 Å². The minimum Gasteiger partial charge on any atom is -0.355 e. The van der Waals surface area contributed by atoms with E-state index in [-0.39, 0.29) is 6.29 Å². The van der Waals surface area contributed by atoms with Crippen LogP contribution in [0.25, 0.3) is 0 Å². The fraction of sp³-hybridized carbons (Fsp3) is 1.00. The van der Waals surface area contributed by atoms with Crippen LogP contribution < -0.4 is 0 Å². The Morgan fingerprint density at radius 3 is 2.18 bits per heavy atom. The molecule has 0 aromatic rings. The molecular weight excluding hydrogens is 142 g/mol. The molecule has 0 spiro atoms. The molecular formula is C8H19NO2. The van der Waals surface area contributed by atoms with Crippen LogP contribution in [0, 0.1) is 0 Å². The molecule has 0 saturated carbocycles. The minimum absolute atomic E-state index is 0.0912. The Labute approximate surface area is 69.3 Å². The monoisotopic (exact) mass is 161 g/mol. The lowest BCUT2D eigenvalue weighted by Gasteiger charge is -2.21. The van der Waals surface area contributed by atoms with Gasteiger partial charge >= 0.3 is 0 Å². The van der Waals surface area contributed by atoms with E-state index >= 15 is 0 Å². The normalized spacial score (nSPS) is 11.5. The maximum absolute atomic E-state index is 5.05. The first-order valence-corrected chi connectivity index (χ1v) is 3.98. The van der Waals surface area contributed by atoms with Crippen LogP contribution in [0.5, 0.6) is 0 Å². The van der Waals surface area contributed by atoms with Crippen molar-refractivity contribution in [2.75, 3.05) is 34.4 Å². The summed E-state index contributed by atoms with van der Waals surface area (Å²) >= 11 is 0. The molecule has 0 aromatic heterocycles. The van der Waals surface area contributed by atoms with E-state index in [0.717, 1.165) is 19.5 Å². The third-order valence-corrected chi connectivity index (χ3v) is 1.59. The van der Waals surface area contributed by atoms with E-state index in [2.05, 4.69) is 18.9 Å². The average molecular weight is 161 g/mol. The van der Waals surface area contributed by atoms with Gasteiger partial charge in [-0.05, 0) is 20.0 Å². The number of methoxy groups -OCH3 is 2. The van der Waals surface area contributed by atoms with E-state index in [0.29, 0.717) is 0 Å². The van der Waals surface area contributed by atoms with Crippen LogP contribution in [0.2, 0.25) is 0 Å². The summed E-state index contributed by atoms with van der Waals surface area (Å²) < 4.78 is 10.1. The maximum atomic E-state index is 5.05. The lowest BCUT2D eigenvalue weighted by molar-refractivity contribution is -0.113. The fourth-order valence-electron chi connectivity index (χ4n) is 0.973. The van der Waals surface area contributed by atoms with Crippen molar-refractivity contribution in [1.82, 2.24) is 4.90 Å². The molecule has 0 amide bonds. The van der Waals surface area contributed by atoms with Crippen LogP contribution in [0.3, 0.4) is 0 Å². The number of likely N-dealkylation sites (N-methyl/N-ethyl adjacent to an activating group) is 1. The van der Waals surface area contributed by atoms with E-state index in [1.165, 1.54) is 0 Å². The topological polar surface area (TPSA) is 21.7 Å². The lowest BCUT2D eigenvalue weighted by atomic mass is 10.4. The van der Waals surface area contributed by atoms with Gasteiger partial charge in [-0.2, -0.15) is 0 Å². The van der Waals surface area contributed by atoms with E-state index in [1.54, 1.807) is 14.2 Å². The van der Waals surface area contributed by atoms with Gasteiger partial charge in [0.1, 0.15) is 0 Å². The summed E-state index contributed by atoms with van der Waals surface area (Å²) in [6, 6.07) is 0. The number of hydrogen-bond donors (Lipinski definition) is 0. The second-order valence-electron chi connectivity index (χ2n) is 2.66. The quantitative estimate of drug-likeness (QED) is 0.541. The van der Waals surface area contributed by atoms with Crippen LogP contribution in [-0.4, -0.2) is 45.5 Å². The van der Waals surface area contributed by atoms with Gasteiger partial charge in [0.05, 0.1) is 0 Å². The first-order chi connectivity index (χ1) is 5.24. The molecule has 0 aliphatic heterocycles. The number of hydrogen-bond acceptors (Lipinski definition) is 3. The summed E-state index contributed by atoms with van der Waals surface area (Å²) in [5.41, 5.74) is 0. The Hall–Kier alpha value is -0.120. The Morgan fingerprint density at radius 1 is 1.27 bits per heavy atom. The van der Waals surface area contributed by atoms with Crippen LogP contribution in [0.1, 0.15) is 13.3 Å². The second kappa shape index (κ2) is 6.58. The van der Waals surface area contributed by atoms with Crippen molar-refractivity contribution in [2.24, 2.45) is 0 Å². The third kappa shape index (κ3) is 5.18. The van der Waals surface area contributed by atoms with Gasteiger partial charge in [0.2, 0.25) is 0 Å². The van der Waals surface area contributed by atoms with E-state index in [4.69, 9.17) is 9.47 Å². The average Bonchev–Trinajstić information content (AvgIpc) is 2.01. The molecule has 3 nitrogen and oxygen atoms in total. The summed E-state index contributed by atoms with van der Waals surface area (Å²) in [6.07, 6.45) is 1.07. The third-order valence-electron chi connectivity index (χ3n) is 1.59. The van der Waals surface area contributed by atoms with E-state index < -0.39 is 0 Å². The zero-order valence-corrected chi connectivity index (χ0v) is 7.96. The molecule has 0 aromatic carbocycles. The SMILES string of the molecule is CCCN(C)CC(OC)OC. The van der Waals surface area contributed by atoms with Gasteiger partial charge in [-0.1, -0.05) is 6.92 Å². The molecule has 0 heterocycles. The fourth-order valence-corrected chi connectivity index (χ4v) is 0.973. The molecule has 0 rings (SSSR count). The molecule has 0 N–H and O–H groups in total. The highest BCUT2D eigenvalue weighted by Gasteiger charge is 2.07. The minimum atomic E-state index is -0.0912. The lowest BCUT2D eigenvalue weighted by Crippen LogP contribution is -2.32. The van der Waals surface area contributed by atoms with Gasteiger partial charge in [-0.25, -0.2) is 0 Å². The molecule has 0 unspecified atom stereocenters. The summed E-state index contributed by atoms with van der Waals surface area (Å²) in [5, 5.41) is 0. The molecule has 0 aliphatic carbocycles. The van der Waals surface area contributed by atoms with Crippen molar-refractivity contribution in [2.45, 2.75) is 19.6 Å². The molecule has 0 fully saturated rings. The van der Waals surface area contributed by atoms with Gasteiger partial charge in [-0.3, -0.25) is 0 Å². The maximum Gasteiger partial charge on any atom is 0.169 e. The first kappa shape index (κ1) is 10.9. The van der Waals surface area contributed by atoms with Crippen molar-refractivity contribution in [3.63, 3.8) is 0 Å². The van der Waals surface area contributed by atoms with Gasteiger partial charge in [0.25, 0.3) is 0 Å². The largest absolute Gasteiger partial charge is 0.355 e. The molecule has 0 atom stereocenters. The van der Waals surface area contributed by atoms with Crippen LogP contribution in [-0.2, 0) is 9.47 Å². The van der Waals surface area contributed by atoms with Crippen LogP contribution in [0.15, 0.2) is 0 Å². The first-order valence-electron chi connectivity index (χ1n) is 3.98. The summed E-state index contributed by atoms with van der Waals surface area (Å²) in [7, 11) is 5.39. The number of ether oxygens (including phenoxy) is 2. The smallest absolute Gasteiger partial charge is 0.169 e. The van der Waals surface area contributed by atoms with Crippen molar-refractivity contribution in [3.05, 3.63) is 0 Å². The van der Waals surface area contributed by atoms with Gasteiger partial charge in [-0.15, -0.1) is 0 Å². The number of rotatable bonds is 6. The highest BCUT2D eigenvalue weighted by Crippen LogP contribution is 1.95. The molecule has 0 saturated heterocycles. The summed E-state index contributed by atoms with van der Waals surface area (Å²) in [4.78, 5) is 2.19. The Bertz CT molecular complexity index is 84.2. The van der Waals surface area contributed by atoms with Crippen molar-refractivity contribution in [3.8, 4) is 0 Å². The van der Waals surface area contributed by atoms with Crippen LogP contribution in [0.4, 0.5) is 0 Å². The molecule has 68 valence electrons. The van der Waals surface area contributed by atoms with Crippen molar-refractivity contribution < 1.29 is 9.47 Å². The zero-order chi connectivity index (χ0) is 8.69. The van der Waals surface area contributed by atoms with Gasteiger partial charge in [0, 0.05) is 20.8 Å². The Morgan fingerprint density at radius 2 is 1.82 bits per heavy atom. The zero-order valence-electron chi connectivity index (χ0n) is 7.96. The Balaban J connectivity index is 3.44. The molecule has 0 radical (unpaired) electrons. The summed E-state index contributed by atoms with van der Waals surface area (Å²) in [5.74, 6) is 0. The van der Waals surface area contributed by atoms with E-state index in [1.807, 2.05) is 0 Å². The van der Waals surface area contributed by atoms with E-state index in [9.17, 15) is 0 Å². The highest BCUT2D eigenvalue weighted by molar-refractivity contribution is 4.52. The molecule has 0 aliphatic rings. The van der Waals surface area contributed by atoms with Crippen molar-refractivity contribution in [1.29, 1.82) is 0 Å². The van der Waals surface area contributed by atoms with Gasteiger partial charge < -0.3 is 14.4 Å². The molecule has 0 bridgehead atoms. The van der Waals surface area contributed by atoms with Gasteiger partial charge in [0.15, 0.2) is 6.29 Å². The molecule has 3 heteroatoms. The van der Waals surface area contributed by atoms with Crippen molar-refractivity contribution >= 4 is 0 Å². The summed E-state index contributed by atoms with van der Waals surface area (Å²) in [6.45, 7) is 4.08. The number of nitrogens with zero attached hydrogens (tertiary/aromatic N) is 1. The Kier molecular flexibility index (Phi) is 6.51. The standard InChI is InChI=1S/C8H19NO2/c1-5-6-9(2)7-8(10-3)11-4/h8H,5-7H2,1-4H3.